The van der Waals surface area contributed by atoms with Crippen molar-refractivity contribution in [2.24, 2.45) is 0 Å². The molecule has 0 aromatic heterocycles. The lowest BCUT2D eigenvalue weighted by Crippen LogP contribution is -2.42. The molecule has 0 spiro atoms. The summed E-state index contributed by atoms with van der Waals surface area (Å²) >= 11 is 0. The van der Waals surface area contributed by atoms with E-state index in [1.54, 1.807) is 19.0 Å². The smallest absolute Gasteiger partial charge is 0.320 e. The lowest BCUT2D eigenvalue weighted by Gasteiger charge is -2.24. The fraction of sp³-hybridized carbons (Fsp3) is 0.667. The lowest BCUT2D eigenvalue weighted by molar-refractivity contribution is -0.192. The third-order valence-electron chi connectivity index (χ3n) is 12.0. The lowest BCUT2D eigenvalue weighted by atomic mass is 10.1. The predicted molar refractivity (Wildman–Crippen MR) is 302 cm³/mol. The zero-order valence-electron chi connectivity index (χ0n) is 46.2. The van der Waals surface area contributed by atoms with Crippen LogP contribution in [0.1, 0.15) is 213 Å². The van der Waals surface area contributed by atoms with E-state index in [1.807, 2.05) is 0 Å². The highest BCUT2D eigenvalue weighted by Gasteiger charge is 2.50. The van der Waals surface area contributed by atoms with Gasteiger partial charge in [0.25, 0.3) is 0 Å². The molecule has 0 aliphatic carbocycles. The molecule has 0 aromatic rings. The molecule has 0 saturated carbocycles. The van der Waals surface area contributed by atoms with E-state index in [4.69, 9.17) is 23.7 Å². The summed E-state index contributed by atoms with van der Waals surface area (Å²) in [5, 5.41) is 0. The van der Waals surface area contributed by atoms with Gasteiger partial charge in [-0.25, -0.2) is 0 Å². The molecule has 1 rings (SSSR count). The minimum absolute atomic E-state index is 0.0950. The summed E-state index contributed by atoms with van der Waals surface area (Å²) < 4.78 is 30.5. The number of carbonyl (C=O) groups is 3. The normalized spacial score (nSPS) is 17.8. The molecule has 0 radical (unpaired) electrons. The van der Waals surface area contributed by atoms with Crippen molar-refractivity contribution in [3.05, 3.63) is 109 Å². The third kappa shape index (κ3) is 41.4. The Hall–Kier alpha value is -4.05. The Labute approximate surface area is 440 Å². The molecule has 9 heteroatoms. The molecule has 9 nitrogen and oxygen atoms in total. The summed E-state index contributed by atoms with van der Waals surface area (Å²) in [6.45, 7) is 6.80. The maximum atomic E-state index is 13.5. The Morgan fingerprint density at radius 3 is 1.17 bits per heavy atom. The highest BCUT2D eigenvalue weighted by atomic mass is 16.7. The Balaban J connectivity index is 2.77. The first-order valence-electron chi connectivity index (χ1n) is 28.6. The number of hydrogen-bond acceptors (Lipinski definition) is 9. The molecule has 1 fully saturated rings. The number of esters is 3. The van der Waals surface area contributed by atoms with Crippen LogP contribution in [0.2, 0.25) is 0 Å². The Kier molecular flexibility index (Phi) is 46.2. The zero-order valence-corrected chi connectivity index (χ0v) is 46.2. The van der Waals surface area contributed by atoms with E-state index in [1.165, 1.54) is 12.8 Å². The third-order valence-corrected chi connectivity index (χ3v) is 12.0. The Bertz CT molecular complexity index is 1580. The molecular formula is C63H103NO8. The molecule has 1 aliphatic rings. The van der Waals surface area contributed by atoms with Crippen LogP contribution in [-0.4, -0.2) is 81.3 Å². The predicted octanol–water partition coefficient (Wildman–Crippen LogP) is 16.4. The van der Waals surface area contributed by atoms with Gasteiger partial charge in [-0.15, -0.1) is 0 Å². The highest BCUT2D eigenvalue weighted by molar-refractivity contribution is 5.72. The molecule has 1 unspecified atom stereocenters. The van der Waals surface area contributed by atoms with Crippen molar-refractivity contribution >= 4 is 17.9 Å². The summed E-state index contributed by atoms with van der Waals surface area (Å²) in [6, 6.07) is 0. The van der Waals surface area contributed by atoms with Crippen LogP contribution >= 0.6 is 0 Å². The first-order chi connectivity index (χ1) is 35.3. The van der Waals surface area contributed by atoms with Crippen molar-refractivity contribution in [1.82, 2.24) is 4.90 Å². The molecule has 4 atom stereocenters. The second-order valence-corrected chi connectivity index (χ2v) is 19.1. The van der Waals surface area contributed by atoms with Gasteiger partial charge in [-0.2, -0.15) is 0 Å². The molecule has 408 valence electrons. The second-order valence-electron chi connectivity index (χ2n) is 19.1. The van der Waals surface area contributed by atoms with Crippen LogP contribution in [0.5, 0.6) is 0 Å². The summed E-state index contributed by atoms with van der Waals surface area (Å²) in [4.78, 5) is 41.3. The summed E-state index contributed by atoms with van der Waals surface area (Å²) in [5.74, 6) is -1.18. The number of allylic oxidation sites excluding steroid dienone is 18. The first-order valence-corrected chi connectivity index (χ1v) is 28.6. The van der Waals surface area contributed by atoms with Crippen molar-refractivity contribution < 1.29 is 38.1 Å². The van der Waals surface area contributed by atoms with Gasteiger partial charge in [-0.1, -0.05) is 194 Å². The van der Waals surface area contributed by atoms with E-state index in [0.717, 1.165) is 154 Å². The summed E-state index contributed by atoms with van der Waals surface area (Å²) in [6.07, 6.45) is 65.4. The summed E-state index contributed by atoms with van der Waals surface area (Å²) in [5.41, 5.74) is 0. The van der Waals surface area contributed by atoms with Gasteiger partial charge in [-0.05, 0) is 130 Å². The number of hydrogen-bond donors (Lipinski definition) is 0. The van der Waals surface area contributed by atoms with Crippen LogP contribution in [0.3, 0.4) is 0 Å². The molecule has 0 amide bonds. The number of ether oxygens (including phenoxy) is 5. The van der Waals surface area contributed by atoms with Gasteiger partial charge in [0.1, 0.15) is 12.7 Å². The van der Waals surface area contributed by atoms with Crippen LogP contribution in [0.15, 0.2) is 109 Å². The van der Waals surface area contributed by atoms with Gasteiger partial charge in [0.2, 0.25) is 0 Å². The topological polar surface area (TPSA) is 101 Å². The Morgan fingerprint density at radius 2 is 0.764 bits per heavy atom. The van der Waals surface area contributed by atoms with Crippen molar-refractivity contribution in [2.75, 3.05) is 33.9 Å². The van der Waals surface area contributed by atoms with Crippen LogP contribution < -0.4 is 0 Å². The van der Waals surface area contributed by atoms with Gasteiger partial charge < -0.3 is 23.7 Å². The van der Waals surface area contributed by atoms with Crippen LogP contribution in [0.25, 0.3) is 0 Å². The van der Waals surface area contributed by atoms with Gasteiger partial charge in [0, 0.05) is 19.4 Å². The monoisotopic (exact) mass is 1000 g/mol. The van der Waals surface area contributed by atoms with Crippen molar-refractivity contribution in [3.8, 4) is 0 Å². The standard InChI is InChI=1S/C63H103NO8/c1-6-9-12-15-18-21-24-27-30-33-36-39-42-45-48-51-54-68-63-62(72-59(66)53-50-47-44-41-38-35-32-29-26-23-20-17-14-11-8-3)61(57(70-63)56-69-60(67)55-64(4)5)71-58(65)52-49-46-43-40-37-34-31-28-25-22-19-16-13-10-7-2/h9-14,18-23,27-32,57,61-63H,6-8,15-17,24-26,33-56H2,1-5H3/b12-9-,13-10-,14-11-,21-18-,22-19-,23-20-,30-27-,31-28-,32-29-/t57-,61?,62+,63-/m1/s1. The maximum absolute atomic E-state index is 13.5. The van der Waals surface area contributed by atoms with E-state index >= 15 is 0 Å². The minimum atomic E-state index is -0.976. The molecule has 0 bridgehead atoms. The molecule has 1 aliphatic heterocycles. The van der Waals surface area contributed by atoms with Gasteiger partial charge in [0.05, 0.1) is 6.54 Å². The molecular weight excluding hydrogens is 899 g/mol. The quantitative estimate of drug-likeness (QED) is 0.0255. The van der Waals surface area contributed by atoms with Crippen molar-refractivity contribution in [2.45, 2.75) is 238 Å². The first kappa shape index (κ1) is 66.0. The number of likely N-dealkylation sites (N-methyl/N-ethyl adjacent to an activating group) is 1. The Morgan fingerprint density at radius 1 is 0.417 bits per heavy atom. The number of carbonyl (C=O) groups excluding carboxylic acids is 3. The minimum Gasteiger partial charge on any atom is -0.462 e. The number of unbranched alkanes of at least 4 members (excludes halogenated alkanes) is 16. The maximum Gasteiger partial charge on any atom is 0.320 e. The largest absolute Gasteiger partial charge is 0.462 e. The van der Waals surface area contributed by atoms with E-state index in [-0.39, 0.29) is 37.9 Å². The molecule has 0 aromatic carbocycles. The van der Waals surface area contributed by atoms with Gasteiger partial charge >= 0.3 is 17.9 Å². The molecule has 72 heavy (non-hydrogen) atoms. The van der Waals surface area contributed by atoms with E-state index in [2.05, 4.69) is 130 Å². The average Bonchev–Trinajstić information content (AvgIpc) is 3.67. The van der Waals surface area contributed by atoms with E-state index < -0.39 is 30.6 Å². The fourth-order valence-electron chi connectivity index (χ4n) is 8.00. The van der Waals surface area contributed by atoms with Crippen LogP contribution in [0.4, 0.5) is 0 Å². The van der Waals surface area contributed by atoms with Gasteiger partial charge in [-0.3, -0.25) is 19.3 Å². The molecule has 1 saturated heterocycles. The molecule has 0 N–H and O–H groups in total. The summed E-state index contributed by atoms with van der Waals surface area (Å²) in [7, 11) is 3.59. The van der Waals surface area contributed by atoms with Gasteiger partial charge in [0.15, 0.2) is 18.5 Å². The zero-order chi connectivity index (χ0) is 52.2. The van der Waals surface area contributed by atoms with Crippen molar-refractivity contribution in [3.63, 3.8) is 0 Å². The fourth-order valence-corrected chi connectivity index (χ4v) is 8.00. The second kappa shape index (κ2) is 50.5. The van der Waals surface area contributed by atoms with E-state index in [0.29, 0.717) is 19.4 Å². The van der Waals surface area contributed by atoms with Crippen LogP contribution in [-0.2, 0) is 38.1 Å². The number of nitrogens with zero attached hydrogens (tertiary/aromatic N) is 1. The highest BCUT2D eigenvalue weighted by Crippen LogP contribution is 2.30. The van der Waals surface area contributed by atoms with E-state index in [9.17, 15) is 14.4 Å². The average molecular weight is 1000 g/mol. The van der Waals surface area contributed by atoms with Crippen LogP contribution in [0, 0.1) is 0 Å². The molecule has 1 heterocycles. The van der Waals surface area contributed by atoms with Crippen molar-refractivity contribution in [1.29, 1.82) is 0 Å². The number of rotatable bonds is 47. The SMILES string of the molecule is CC/C=C\C/C=C\C/C=C\CCCCCCCCO[C@@H]1O[C@H](COC(=O)CN(C)C)C(OC(=O)CCCCCCC/C=C\C/C=C\C/C=C\CC)[C@@H]1OC(=O)CCCCCCC/C=C\C/C=C\C/C=C\CC.